The zero-order valence-electron chi connectivity index (χ0n) is 13.1. The first kappa shape index (κ1) is 18.9. The van der Waals surface area contributed by atoms with Crippen molar-refractivity contribution >= 4 is 36.0 Å². The van der Waals surface area contributed by atoms with Crippen LogP contribution in [0.5, 0.6) is 0 Å². The van der Waals surface area contributed by atoms with Gasteiger partial charge in [-0.1, -0.05) is 42.0 Å². The van der Waals surface area contributed by atoms with Crippen molar-refractivity contribution in [3.05, 3.63) is 41.5 Å². The van der Waals surface area contributed by atoms with Gasteiger partial charge in [-0.25, -0.2) is 0 Å². The fourth-order valence-electron chi connectivity index (χ4n) is 2.53. The molecule has 0 aromatic heterocycles. The van der Waals surface area contributed by atoms with Gasteiger partial charge >= 0.3 is 0 Å². The first-order chi connectivity index (χ1) is 10.3. The van der Waals surface area contributed by atoms with Crippen molar-refractivity contribution in [2.45, 2.75) is 19.3 Å². The minimum atomic E-state index is -0.284. The Morgan fingerprint density at radius 3 is 2.55 bits per heavy atom. The second kappa shape index (κ2) is 10.6. The van der Waals surface area contributed by atoms with Gasteiger partial charge in [0, 0.05) is 26.7 Å². The maximum Gasteiger partial charge on any atom is 0.193 e. The third-order valence-corrected chi connectivity index (χ3v) is 3.68. The van der Waals surface area contributed by atoms with E-state index in [9.17, 15) is 4.39 Å². The highest BCUT2D eigenvalue weighted by molar-refractivity contribution is 14.0. The quantitative estimate of drug-likeness (QED) is 0.350. The number of alkyl halides is 1. The molecule has 122 valence electrons. The zero-order valence-corrected chi connectivity index (χ0v) is 15.4. The summed E-state index contributed by atoms with van der Waals surface area (Å²) in [6, 6.07) is 10.4. The van der Waals surface area contributed by atoms with Gasteiger partial charge in [0.25, 0.3) is 0 Å². The molecule has 3 nitrogen and oxygen atoms in total. The van der Waals surface area contributed by atoms with E-state index in [1.807, 2.05) is 6.07 Å². The third kappa shape index (κ3) is 5.94. The molecule has 0 amide bonds. The Labute approximate surface area is 149 Å². The van der Waals surface area contributed by atoms with Crippen LogP contribution in [-0.4, -0.2) is 44.2 Å². The molecule has 1 aromatic carbocycles. The van der Waals surface area contributed by atoms with Crippen molar-refractivity contribution in [3.8, 4) is 0 Å². The summed E-state index contributed by atoms with van der Waals surface area (Å²) in [5, 5.41) is 3.22. The maximum atomic E-state index is 12.1. The van der Waals surface area contributed by atoms with Gasteiger partial charge in [-0.2, -0.15) is 0 Å². The predicted octanol–water partition coefficient (Wildman–Crippen LogP) is 3.72. The summed E-state index contributed by atoms with van der Waals surface area (Å²) < 4.78 is 12.1. The molecule has 1 aliphatic rings. The third-order valence-electron chi connectivity index (χ3n) is 3.68. The standard InChI is InChI=1S/C17H24FN3.HI/c1-19-17(20-11-5-10-18)21-12-8-16(9-13-21)14-15-6-3-2-4-7-15;/h2-4,6-7,14H,5,8-13H2,1H3,(H,19,20);1H. The molecule has 1 aliphatic heterocycles. The number of piperidine rings is 1. The molecule has 1 heterocycles. The molecule has 0 spiro atoms. The van der Waals surface area contributed by atoms with E-state index in [1.165, 1.54) is 11.1 Å². The van der Waals surface area contributed by atoms with E-state index in [1.54, 1.807) is 7.05 Å². The zero-order chi connectivity index (χ0) is 14.9. The minimum Gasteiger partial charge on any atom is -0.356 e. The van der Waals surface area contributed by atoms with Crippen LogP contribution in [-0.2, 0) is 0 Å². The number of aliphatic imine (C=N–C) groups is 1. The molecule has 2 rings (SSSR count). The van der Waals surface area contributed by atoms with Gasteiger partial charge in [0.2, 0.25) is 0 Å². The summed E-state index contributed by atoms with van der Waals surface area (Å²) in [7, 11) is 1.78. The Hall–Kier alpha value is -1.11. The summed E-state index contributed by atoms with van der Waals surface area (Å²) in [4.78, 5) is 6.53. The normalized spacial score (nSPS) is 15.3. The van der Waals surface area contributed by atoms with Crippen LogP contribution < -0.4 is 5.32 Å². The van der Waals surface area contributed by atoms with E-state index in [-0.39, 0.29) is 30.7 Å². The first-order valence-corrected chi connectivity index (χ1v) is 7.59. The van der Waals surface area contributed by atoms with Crippen LogP contribution in [0.15, 0.2) is 40.9 Å². The van der Waals surface area contributed by atoms with Crippen molar-refractivity contribution in [2.75, 3.05) is 33.4 Å². The Bertz CT molecular complexity index is 478. The molecule has 22 heavy (non-hydrogen) atoms. The number of guanidine groups is 1. The lowest BCUT2D eigenvalue weighted by molar-refractivity contribution is 0.373. The van der Waals surface area contributed by atoms with E-state index in [4.69, 9.17) is 0 Å². The molecule has 0 bridgehead atoms. The van der Waals surface area contributed by atoms with E-state index in [2.05, 4.69) is 45.6 Å². The Kier molecular flexibility index (Phi) is 9.11. The molecule has 0 atom stereocenters. The highest BCUT2D eigenvalue weighted by Crippen LogP contribution is 2.19. The number of benzene rings is 1. The number of likely N-dealkylation sites (tertiary alicyclic amines) is 1. The van der Waals surface area contributed by atoms with Crippen molar-refractivity contribution < 1.29 is 4.39 Å². The molecule has 1 N–H and O–H groups in total. The van der Waals surface area contributed by atoms with Crippen molar-refractivity contribution in [3.63, 3.8) is 0 Å². The highest BCUT2D eigenvalue weighted by atomic mass is 127. The average molecular weight is 417 g/mol. The fraction of sp³-hybridized carbons (Fsp3) is 0.471. The SMILES string of the molecule is CN=C(NCCCF)N1CCC(=Cc2ccccc2)CC1.I. The van der Waals surface area contributed by atoms with Crippen LogP contribution >= 0.6 is 24.0 Å². The molecule has 1 saturated heterocycles. The van der Waals surface area contributed by atoms with Crippen LogP contribution in [0, 0.1) is 0 Å². The van der Waals surface area contributed by atoms with Gasteiger partial charge in [0.05, 0.1) is 6.67 Å². The van der Waals surface area contributed by atoms with Crippen LogP contribution in [0.1, 0.15) is 24.8 Å². The molecule has 0 saturated carbocycles. The van der Waals surface area contributed by atoms with Crippen LogP contribution in [0.3, 0.4) is 0 Å². The predicted molar refractivity (Wildman–Crippen MR) is 103 cm³/mol. The van der Waals surface area contributed by atoms with Gasteiger partial charge in [-0.3, -0.25) is 9.38 Å². The number of hydrogen-bond donors (Lipinski definition) is 1. The lowest BCUT2D eigenvalue weighted by Crippen LogP contribution is -2.44. The van der Waals surface area contributed by atoms with Crippen LogP contribution in [0.2, 0.25) is 0 Å². The van der Waals surface area contributed by atoms with Crippen molar-refractivity contribution in [1.29, 1.82) is 0 Å². The maximum absolute atomic E-state index is 12.1. The second-order valence-corrected chi connectivity index (χ2v) is 5.22. The van der Waals surface area contributed by atoms with E-state index in [0.717, 1.165) is 31.9 Å². The van der Waals surface area contributed by atoms with E-state index in [0.29, 0.717) is 13.0 Å². The first-order valence-electron chi connectivity index (χ1n) is 7.59. The second-order valence-electron chi connectivity index (χ2n) is 5.22. The average Bonchev–Trinajstić information content (AvgIpc) is 2.54. The molecular weight excluding hydrogens is 392 g/mol. The Morgan fingerprint density at radius 2 is 1.95 bits per heavy atom. The smallest absolute Gasteiger partial charge is 0.193 e. The van der Waals surface area contributed by atoms with Gasteiger partial charge in [-0.15, -0.1) is 24.0 Å². The Morgan fingerprint density at radius 1 is 1.27 bits per heavy atom. The fourth-order valence-corrected chi connectivity index (χ4v) is 2.53. The van der Waals surface area contributed by atoms with Gasteiger partial charge in [0.1, 0.15) is 0 Å². The largest absolute Gasteiger partial charge is 0.356 e. The monoisotopic (exact) mass is 417 g/mol. The molecule has 1 fully saturated rings. The number of halogens is 2. The Balaban J connectivity index is 0.00000242. The van der Waals surface area contributed by atoms with Crippen LogP contribution in [0.4, 0.5) is 4.39 Å². The van der Waals surface area contributed by atoms with Gasteiger partial charge in [0.15, 0.2) is 5.96 Å². The molecule has 0 unspecified atom stereocenters. The van der Waals surface area contributed by atoms with E-state index < -0.39 is 0 Å². The molecule has 1 aromatic rings. The summed E-state index contributed by atoms with van der Waals surface area (Å²) in [5.41, 5.74) is 2.75. The van der Waals surface area contributed by atoms with Gasteiger partial charge < -0.3 is 10.2 Å². The summed E-state index contributed by atoms with van der Waals surface area (Å²) >= 11 is 0. The lowest BCUT2D eigenvalue weighted by Gasteiger charge is -2.31. The molecule has 0 radical (unpaired) electrons. The molecule has 0 aliphatic carbocycles. The number of nitrogens with one attached hydrogen (secondary N) is 1. The number of hydrogen-bond acceptors (Lipinski definition) is 1. The summed E-state index contributed by atoms with van der Waals surface area (Å²) in [6.45, 7) is 2.29. The summed E-state index contributed by atoms with van der Waals surface area (Å²) in [5.74, 6) is 0.891. The summed E-state index contributed by atoms with van der Waals surface area (Å²) in [6.07, 6.45) is 4.93. The molecule has 5 heteroatoms. The molecular formula is C17H25FIN3. The van der Waals surface area contributed by atoms with Gasteiger partial charge in [-0.05, 0) is 24.8 Å². The van der Waals surface area contributed by atoms with Crippen LogP contribution in [0.25, 0.3) is 6.08 Å². The minimum absolute atomic E-state index is 0. The highest BCUT2D eigenvalue weighted by Gasteiger charge is 2.16. The lowest BCUT2D eigenvalue weighted by atomic mass is 10.0. The van der Waals surface area contributed by atoms with E-state index >= 15 is 0 Å². The number of rotatable bonds is 4. The van der Waals surface area contributed by atoms with Crippen molar-refractivity contribution in [1.82, 2.24) is 10.2 Å². The number of nitrogens with zero attached hydrogens (tertiary/aromatic N) is 2. The topological polar surface area (TPSA) is 27.6 Å². The van der Waals surface area contributed by atoms with Crippen molar-refractivity contribution in [2.24, 2.45) is 4.99 Å².